The average Bonchev–Trinajstić information content (AvgIpc) is 3.38. The highest BCUT2D eigenvalue weighted by Crippen LogP contribution is 2.46. The first-order valence-electron chi connectivity index (χ1n) is 9.15. The van der Waals surface area contributed by atoms with Crippen LogP contribution in [0.5, 0.6) is 5.75 Å². The average molecular weight is 468 g/mol. The summed E-state index contributed by atoms with van der Waals surface area (Å²) >= 11 is 4.05. The smallest absolute Gasteiger partial charge is 0.210 e. The number of para-hydroxylation sites is 3. The predicted molar refractivity (Wildman–Crippen MR) is 125 cm³/mol. The van der Waals surface area contributed by atoms with E-state index in [0.717, 1.165) is 16.3 Å². The molecule has 0 saturated carbocycles. The van der Waals surface area contributed by atoms with Crippen LogP contribution >= 0.6 is 34.9 Å². The molecule has 4 rings (SSSR count). The summed E-state index contributed by atoms with van der Waals surface area (Å²) in [4.78, 5) is 15.7. The number of nitriles is 1. The number of rotatable bonds is 7. The van der Waals surface area contributed by atoms with Crippen LogP contribution in [0, 0.1) is 11.3 Å². The summed E-state index contributed by atoms with van der Waals surface area (Å²) in [6.45, 7) is 0. The molecule has 2 heterocycles. The molecule has 31 heavy (non-hydrogen) atoms. The fourth-order valence-corrected chi connectivity index (χ4v) is 5.73. The number of fused-ring (bicyclic) bond motifs is 1. The number of nitrogens with zero attached hydrogens (tertiary/aromatic N) is 4. The molecule has 1 aliphatic rings. The number of ketones is 1. The van der Waals surface area contributed by atoms with Crippen LogP contribution in [0.4, 0.5) is 16.5 Å². The number of methoxy groups -OCH3 is 1. The van der Waals surface area contributed by atoms with Crippen molar-refractivity contribution < 1.29 is 9.53 Å². The van der Waals surface area contributed by atoms with E-state index in [1.165, 1.54) is 34.9 Å². The number of ether oxygens (including phenoxy) is 1. The number of nitrogens with one attached hydrogen (secondary N) is 1. The fourth-order valence-electron chi connectivity index (χ4n) is 2.93. The van der Waals surface area contributed by atoms with E-state index in [-0.39, 0.29) is 17.1 Å². The largest absolute Gasteiger partial charge is 0.495 e. The summed E-state index contributed by atoms with van der Waals surface area (Å²) in [7, 11) is 3.47. The predicted octanol–water partition coefficient (Wildman–Crippen LogP) is 4.93. The lowest BCUT2D eigenvalue weighted by molar-refractivity contribution is -0.112. The zero-order chi connectivity index (χ0) is 21.8. The Kier molecular flexibility index (Phi) is 6.46. The minimum Gasteiger partial charge on any atom is -0.495 e. The Morgan fingerprint density at radius 2 is 2.00 bits per heavy atom. The van der Waals surface area contributed by atoms with Crippen molar-refractivity contribution in [1.29, 1.82) is 5.26 Å². The quantitative estimate of drug-likeness (QED) is 0.295. The monoisotopic (exact) mass is 467 g/mol. The lowest BCUT2D eigenvalue weighted by Gasteiger charge is -2.14. The summed E-state index contributed by atoms with van der Waals surface area (Å²) < 4.78 is 5.97. The van der Waals surface area contributed by atoms with E-state index in [9.17, 15) is 10.1 Å². The summed E-state index contributed by atoms with van der Waals surface area (Å²) in [5.74, 6) is 0.580. The molecule has 156 valence electrons. The molecule has 0 atom stereocenters. The van der Waals surface area contributed by atoms with E-state index in [1.54, 1.807) is 7.11 Å². The molecule has 0 spiro atoms. The maximum absolute atomic E-state index is 12.8. The molecule has 1 aliphatic heterocycles. The maximum atomic E-state index is 12.8. The van der Waals surface area contributed by atoms with Gasteiger partial charge in [-0.2, -0.15) is 5.26 Å². The molecule has 1 aromatic heterocycles. The van der Waals surface area contributed by atoms with E-state index in [0.29, 0.717) is 20.2 Å². The minimum atomic E-state index is -0.232. The van der Waals surface area contributed by atoms with Crippen LogP contribution in [-0.4, -0.2) is 35.9 Å². The first kappa shape index (κ1) is 21.2. The van der Waals surface area contributed by atoms with Crippen LogP contribution in [0.1, 0.15) is 0 Å². The van der Waals surface area contributed by atoms with E-state index in [2.05, 4.69) is 21.6 Å². The lowest BCUT2D eigenvalue weighted by Crippen LogP contribution is -2.16. The molecule has 7 nitrogen and oxygen atoms in total. The molecule has 3 aromatic rings. The van der Waals surface area contributed by atoms with Gasteiger partial charge in [-0.3, -0.25) is 4.79 Å². The van der Waals surface area contributed by atoms with Gasteiger partial charge in [-0.25, -0.2) is 0 Å². The van der Waals surface area contributed by atoms with Gasteiger partial charge in [-0.05, 0) is 24.3 Å². The molecule has 1 N–H and O–H groups in total. The van der Waals surface area contributed by atoms with Gasteiger partial charge in [0, 0.05) is 11.9 Å². The van der Waals surface area contributed by atoms with Crippen LogP contribution < -0.4 is 15.0 Å². The van der Waals surface area contributed by atoms with Gasteiger partial charge in [0.15, 0.2) is 10.1 Å². The van der Waals surface area contributed by atoms with Gasteiger partial charge in [-0.15, -0.1) is 10.2 Å². The number of thioether (sulfide) groups is 2. The molecule has 0 amide bonds. The van der Waals surface area contributed by atoms with E-state index in [4.69, 9.17) is 4.74 Å². The van der Waals surface area contributed by atoms with Crippen molar-refractivity contribution >= 4 is 57.2 Å². The third-order valence-electron chi connectivity index (χ3n) is 4.42. The summed E-state index contributed by atoms with van der Waals surface area (Å²) in [6.07, 6.45) is 0. The van der Waals surface area contributed by atoms with Gasteiger partial charge < -0.3 is 15.0 Å². The van der Waals surface area contributed by atoms with Crippen LogP contribution in [0.2, 0.25) is 0 Å². The van der Waals surface area contributed by atoms with Crippen molar-refractivity contribution in [2.24, 2.45) is 0 Å². The highest BCUT2D eigenvalue weighted by atomic mass is 32.2. The Balaban J connectivity index is 1.43. The van der Waals surface area contributed by atoms with Crippen LogP contribution in [0.15, 0.2) is 68.4 Å². The second-order valence-electron chi connectivity index (χ2n) is 6.33. The molecule has 0 bridgehead atoms. The maximum Gasteiger partial charge on any atom is 0.210 e. The fraction of sp³-hybridized carbons (Fsp3) is 0.143. The molecular weight excluding hydrogens is 450 g/mol. The Bertz CT molecular complexity index is 1200. The molecule has 0 saturated heterocycles. The van der Waals surface area contributed by atoms with E-state index >= 15 is 0 Å². The van der Waals surface area contributed by atoms with Gasteiger partial charge in [0.1, 0.15) is 22.4 Å². The van der Waals surface area contributed by atoms with Crippen molar-refractivity contribution in [1.82, 2.24) is 10.2 Å². The number of hydrogen-bond donors (Lipinski definition) is 1. The first-order chi connectivity index (χ1) is 15.1. The Labute approximate surface area is 192 Å². The van der Waals surface area contributed by atoms with Crippen LogP contribution in [0.3, 0.4) is 0 Å². The van der Waals surface area contributed by atoms with E-state index < -0.39 is 0 Å². The second kappa shape index (κ2) is 9.43. The SMILES string of the molecule is COc1ccccc1Nc1nnc(SCC(=O)C(C#N)=C2Sc3ccccc3N2C)s1. The molecule has 0 unspecified atom stereocenters. The number of benzene rings is 2. The molecule has 0 aliphatic carbocycles. The third kappa shape index (κ3) is 4.54. The number of anilines is 3. The van der Waals surface area contributed by atoms with Crippen molar-refractivity contribution in [3.63, 3.8) is 0 Å². The van der Waals surface area contributed by atoms with Crippen molar-refractivity contribution in [3.05, 3.63) is 59.1 Å². The van der Waals surface area contributed by atoms with Gasteiger partial charge in [0.2, 0.25) is 5.13 Å². The normalized spacial score (nSPS) is 14.0. The number of hydrogen-bond acceptors (Lipinski definition) is 10. The molecule has 0 radical (unpaired) electrons. The van der Waals surface area contributed by atoms with Crippen molar-refractivity contribution in [2.45, 2.75) is 9.24 Å². The summed E-state index contributed by atoms with van der Waals surface area (Å²) in [6, 6.07) is 17.4. The lowest BCUT2D eigenvalue weighted by atomic mass is 10.2. The zero-order valence-electron chi connectivity index (χ0n) is 16.7. The van der Waals surface area contributed by atoms with Gasteiger partial charge in [0.25, 0.3) is 0 Å². The van der Waals surface area contributed by atoms with Crippen molar-refractivity contribution in [2.75, 3.05) is 30.1 Å². The van der Waals surface area contributed by atoms with Crippen LogP contribution in [-0.2, 0) is 4.79 Å². The van der Waals surface area contributed by atoms with Gasteiger partial charge in [0.05, 0.1) is 24.2 Å². The topological polar surface area (TPSA) is 91.1 Å². The van der Waals surface area contributed by atoms with E-state index in [1.807, 2.05) is 60.5 Å². The minimum absolute atomic E-state index is 0.112. The molecule has 0 fully saturated rings. The molecular formula is C21H17N5O2S3. The van der Waals surface area contributed by atoms with Gasteiger partial charge in [-0.1, -0.05) is 59.1 Å². The highest BCUT2D eigenvalue weighted by molar-refractivity contribution is 8.04. The second-order valence-corrected chi connectivity index (χ2v) is 9.56. The molecule has 2 aromatic carbocycles. The number of aromatic nitrogens is 2. The van der Waals surface area contributed by atoms with Crippen LogP contribution in [0.25, 0.3) is 0 Å². The van der Waals surface area contributed by atoms with Crippen molar-refractivity contribution in [3.8, 4) is 11.8 Å². The Morgan fingerprint density at radius 1 is 1.23 bits per heavy atom. The molecule has 10 heteroatoms. The third-order valence-corrected chi connectivity index (χ3v) is 7.63. The number of allylic oxidation sites excluding steroid dienone is 1. The number of carbonyl (C=O) groups is 1. The first-order valence-corrected chi connectivity index (χ1v) is 11.8. The zero-order valence-corrected chi connectivity index (χ0v) is 19.1. The van der Waals surface area contributed by atoms with Gasteiger partial charge >= 0.3 is 0 Å². The summed E-state index contributed by atoms with van der Waals surface area (Å²) in [5, 5.41) is 22.3. The Hall–Kier alpha value is -3.00. The highest BCUT2D eigenvalue weighted by Gasteiger charge is 2.28. The standard InChI is InChI=1S/C21H17N5O2S3/c1-26-15-8-4-6-10-18(15)30-19(26)13(11-22)16(27)12-29-21-25-24-20(31-21)23-14-7-3-5-9-17(14)28-2/h3-10H,12H2,1-2H3,(H,23,24). The number of carbonyl (C=O) groups excluding carboxylic acids is 1. The number of Topliss-reactive ketones (excluding diaryl/α,β-unsaturated/α-hetero) is 1. The Morgan fingerprint density at radius 3 is 2.77 bits per heavy atom. The summed E-state index contributed by atoms with van der Waals surface area (Å²) in [5.41, 5.74) is 1.94.